The lowest BCUT2D eigenvalue weighted by atomic mass is 10.1. The molecule has 0 aliphatic heterocycles. The van der Waals surface area contributed by atoms with Crippen molar-refractivity contribution in [3.8, 4) is 0 Å². The molecule has 0 saturated carbocycles. The lowest BCUT2D eigenvalue weighted by Gasteiger charge is -2.15. The lowest BCUT2D eigenvalue weighted by molar-refractivity contribution is 0.0172. The zero-order valence-corrected chi connectivity index (χ0v) is 9.17. The highest BCUT2D eigenvalue weighted by Gasteiger charge is 2.19. The van der Waals surface area contributed by atoms with Crippen molar-refractivity contribution in [1.82, 2.24) is 0 Å². The monoisotopic (exact) mass is 241 g/mol. The van der Waals surface area contributed by atoms with E-state index in [1.807, 2.05) is 0 Å². The molecule has 7 heteroatoms. The molecule has 16 heavy (non-hydrogen) atoms. The topological polar surface area (TPSA) is 106 Å². The van der Waals surface area contributed by atoms with Crippen molar-refractivity contribution in [2.75, 3.05) is 6.54 Å². The molecule has 0 bridgehead atoms. The van der Waals surface area contributed by atoms with Crippen molar-refractivity contribution >= 4 is 17.6 Å². The van der Waals surface area contributed by atoms with Crippen molar-refractivity contribution in [2.45, 2.75) is 18.6 Å². The Morgan fingerprint density at radius 1 is 1.56 bits per heavy atom. The first-order valence-electron chi connectivity index (χ1n) is 4.61. The Bertz CT molecular complexity index is 400. The molecule has 0 amide bonds. The fourth-order valence-electron chi connectivity index (χ4n) is 1.17. The molecule has 0 aromatic carbocycles. The van der Waals surface area contributed by atoms with E-state index in [9.17, 15) is 15.0 Å². The van der Waals surface area contributed by atoms with Crippen molar-refractivity contribution < 1.29 is 15.0 Å². The van der Waals surface area contributed by atoms with Crippen LogP contribution in [0, 0.1) is 0 Å². The number of carbonyl (C=O) groups is 1. The maximum atomic E-state index is 10.4. The fourth-order valence-corrected chi connectivity index (χ4v) is 2.04. The predicted molar refractivity (Wildman–Crippen MR) is 59.3 cm³/mol. The van der Waals surface area contributed by atoms with Crippen LogP contribution in [-0.4, -0.2) is 29.1 Å². The number of hydrogen-bond donors (Lipinski definition) is 2. The zero-order valence-electron chi connectivity index (χ0n) is 8.35. The molecule has 2 atom stereocenters. The Morgan fingerprint density at radius 3 is 2.88 bits per heavy atom. The summed E-state index contributed by atoms with van der Waals surface area (Å²) in [6.07, 6.45) is -1.18. The van der Waals surface area contributed by atoms with E-state index in [0.717, 1.165) is 11.3 Å². The standard InChI is InChI=1S/C9H11N3O3S/c10-12-11-4-3-7(14)9(15)8-2-1-6(5-13)16-8/h1-2,5,7,9,14-15H,3-4H2. The number of thiophene rings is 1. The molecule has 0 aliphatic carbocycles. The van der Waals surface area contributed by atoms with E-state index >= 15 is 0 Å². The molecule has 1 rings (SSSR count). The van der Waals surface area contributed by atoms with Gasteiger partial charge in [0, 0.05) is 16.3 Å². The van der Waals surface area contributed by atoms with Crippen LogP contribution in [0.1, 0.15) is 27.1 Å². The highest BCUT2D eigenvalue weighted by atomic mass is 32.1. The summed E-state index contributed by atoms with van der Waals surface area (Å²) in [5.41, 5.74) is 8.05. The highest BCUT2D eigenvalue weighted by molar-refractivity contribution is 7.13. The van der Waals surface area contributed by atoms with Gasteiger partial charge < -0.3 is 10.2 Å². The molecule has 2 unspecified atom stereocenters. The summed E-state index contributed by atoms with van der Waals surface area (Å²) in [5, 5.41) is 22.5. The Labute approximate surface area is 95.8 Å². The number of aliphatic hydroxyl groups excluding tert-OH is 2. The molecule has 1 aromatic rings. The van der Waals surface area contributed by atoms with Gasteiger partial charge in [-0.3, -0.25) is 4.79 Å². The van der Waals surface area contributed by atoms with E-state index in [1.165, 1.54) is 0 Å². The molecule has 1 aromatic heterocycles. The van der Waals surface area contributed by atoms with Gasteiger partial charge in [-0.2, -0.15) is 0 Å². The first-order chi connectivity index (χ1) is 7.69. The van der Waals surface area contributed by atoms with Gasteiger partial charge >= 0.3 is 0 Å². The summed E-state index contributed by atoms with van der Waals surface area (Å²) < 4.78 is 0. The third-order valence-corrected chi connectivity index (χ3v) is 3.09. The Balaban J connectivity index is 2.58. The first-order valence-corrected chi connectivity index (χ1v) is 5.42. The van der Waals surface area contributed by atoms with Gasteiger partial charge in [0.15, 0.2) is 6.29 Å². The van der Waals surface area contributed by atoms with Crippen LogP contribution in [0.4, 0.5) is 0 Å². The number of azide groups is 1. The average molecular weight is 241 g/mol. The molecule has 0 saturated heterocycles. The molecule has 1 heterocycles. The van der Waals surface area contributed by atoms with E-state index in [0.29, 0.717) is 16.0 Å². The number of nitrogens with zero attached hydrogens (tertiary/aromatic N) is 3. The maximum Gasteiger partial charge on any atom is 0.160 e. The lowest BCUT2D eigenvalue weighted by Crippen LogP contribution is -2.18. The second kappa shape index (κ2) is 6.24. The largest absolute Gasteiger partial charge is 0.390 e. The molecule has 0 spiro atoms. The van der Waals surface area contributed by atoms with Crippen molar-refractivity contribution in [2.24, 2.45) is 5.11 Å². The van der Waals surface area contributed by atoms with Gasteiger partial charge in [0.05, 0.1) is 11.0 Å². The van der Waals surface area contributed by atoms with Crippen LogP contribution in [0.3, 0.4) is 0 Å². The quantitative estimate of drug-likeness (QED) is 0.342. The fraction of sp³-hybridized carbons (Fsp3) is 0.444. The smallest absolute Gasteiger partial charge is 0.160 e. The van der Waals surface area contributed by atoms with Crippen molar-refractivity contribution in [3.63, 3.8) is 0 Å². The number of hydrogen-bond acceptors (Lipinski definition) is 5. The molecule has 86 valence electrons. The second-order valence-electron chi connectivity index (χ2n) is 3.11. The van der Waals surface area contributed by atoms with Gasteiger partial charge in [0.1, 0.15) is 6.10 Å². The van der Waals surface area contributed by atoms with E-state index in [2.05, 4.69) is 10.0 Å². The van der Waals surface area contributed by atoms with E-state index in [1.54, 1.807) is 12.1 Å². The Kier molecular flexibility index (Phi) is 4.94. The summed E-state index contributed by atoms with van der Waals surface area (Å²) in [4.78, 5) is 14.0. The summed E-state index contributed by atoms with van der Waals surface area (Å²) in [6, 6.07) is 3.17. The predicted octanol–water partition coefficient (Wildman–Crippen LogP) is 1.66. The van der Waals surface area contributed by atoms with Crippen LogP contribution in [0.25, 0.3) is 10.4 Å². The summed E-state index contributed by atoms with van der Waals surface area (Å²) in [7, 11) is 0. The van der Waals surface area contributed by atoms with Crippen LogP contribution >= 0.6 is 11.3 Å². The molecular formula is C9H11N3O3S. The number of aliphatic hydroxyl groups is 2. The number of aldehydes is 1. The van der Waals surface area contributed by atoms with Crippen molar-refractivity contribution in [3.05, 3.63) is 32.3 Å². The van der Waals surface area contributed by atoms with Gasteiger partial charge in [-0.1, -0.05) is 5.11 Å². The zero-order chi connectivity index (χ0) is 12.0. The maximum absolute atomic E-state index is 10.4. The molecule has 0 aliphatic rings. The molecule has 0 radical (unpaired) electrons. The van der Waals surface area contributed by atoms with Crippen molar-refractivity contribution in [1.29, 1.82) is 0 Å². The second-order valence-corrected chi connectivity index (χ2v) is 4.26. The van der Waals surface area contributed by atoms with Gasteiger partial charge in [0.25, 0.3) is 0 Å². The summed E-state index contributed by atoms with van der Waals surface area (Å²) in [6.45, 7) is 0.126. The summed E-state index contributed by atoms with van der Waals surface area (Å²) in [5.74, 6) is 0. The van der Waals surface area contributed by atoms with Crippen LogP contribution in [0.5, 0.6) is 0 Å². The number of carbonyl (C=O) groups excluding carboxylic acids is 1. The highest BCUT2D eigenvalue weighted by Crippen LogP contribution is 2.25. The number of rotatable bonds is 6. The normalized spacial score (nSPS) is 13.9. The van der Waals surface area contributed by atoms with E-state index < -0.39 is 12.2 Å². The van der Waals surface area contributed by atoms with Gasteiger partial charge in [-0.25, -0.2) is 0 Å². The minimum Gasteiger partial charge on any atom is -0.390 e. The Morgan fingerprint density at radius 2 is 2.31 bits per heavy atom. The minimum atomic E-state index is -1.05. The van der Waals surface area contributed by atoms with Crippen LogP contribution in [0.2, 0.25) is 0 Å². The third-order valence-electron chi connectivity index (χ3n) is 2.01. The molecule has 0 fully saturated rings. The van der Waals surface area contributed by atoms with Gasteiger partial charge in [-0.05, 0) is 24.1 Å². The summed E-state index contributed by atoms with van der Waals surface area (Å²) >= 11 is 1.13. The minimum absolute atomic E-state index is 0.126. The van der Waals surface area contributed by atoms with E-state index in [4.69, 9.17) is 5.53 Å². The third kappa shape index (κ3) is 3.32. The van der Waals surface area contributed by atoms with Crippen LogP contribution < -0.4 is 0 Å². The van der Waals surface area contributed by atoms with Crippen LogP contribution in [-0.2, 0) is 0 Å². The van der Waals surface area contributed by atoms with Gasteiger partial charge in [0.2, 0.25) is 0 Å². The molecule has 2 N–H and O–H groups in total. The van der Waals surface area contributed by atoms with E-state index in [-0.39, 0.29) is 13.0 Å². The Hall–Kier alpha value is -1.40. The molecule has 6 nitrogen and oxygen atoms in total. The first kappa shape index (κ1) is 12.7. The average Bonchev–Trinajstić information content (AvgIpc) is 2.76. The van der Waals surface area contributed by atoms with Crippen LogP contribution in [0.15, 0.2) is 17.2 Å². The SMILES string of the molecule is [N-]=[N+]=NCCC(O)C(O)c1ccc(C=O)s1. The van der Waals surface area contributed by atoms with Gasteiger partial charge in [-0.15, -0.1) is 11.3 Å². The molecular weight excluding hydrogens is 230 g/mol.